The minimum Gasteiger partial charge on any atom is -0.355 e. The summed E-state index contributed by atoms with van der Waals surface area (Å²) in [4.78, 5) is 4.13. The van der Waals surface area contributed by atoms with E-state index in [2.05, 4.69) is 20.3 Å². The van der Waals surface area contributed by atoms with Crippen LogP contribution < -0.4 is 15.4 Å². The Hall–Kier alpha value is -1.25. The summed E-state index contributed by atoms with van der Waals surface area (Å²) < 4.78 is 26.7. The van der Waals surface area contributed by atoms with Gasteiger partial charge in [0.2, 0.25) is 10.0 Å². The molecule has 0 spiro atoms. The highest BCUT2D eigenvalue weighted by Gasteiger charge is 2.16. The zero-order valence-corrected chi connectivity index (χ0v) is 15.6. The second kappa shape index (κ2) is 9.90. The highest BCUT2D eigenvalue weighted by Crippen LogP contribution is 2.25. The summed E-state index contributed by atoms with van der Waals surface area (Å²) in [6.07, 6.45) is 2.50. The fourth-order valence-corrected chi connectivity index (χ4v) is 4.50. The van der Waals surface area contributed by atoms with Crippen molar-refractivity contribution in [1.82, 2.24) is 15.4 Å². The van der Waals surface area contributed by atoms with E-state index in [-0.39, 0.29) is 5.75 Å². The van der Waals surface area contributed by atoms with Crippen molar-refractivity contribution in [3.8, 4) is 0 Å². The molecule has 6 nitrogen and oxygen atoms in total. The second-order valence-electron chi connectivity index (χ2n) is 5.64. The lowest BCUT2D eigenvalue weighted by atomic mass is 10.2. The summed E-state index contributed by atoms with van der Waals surface area (Å²) in [7, 11) is -1.62. The Morgan fingerprint density at radius 2 is 2.08 bits per heavy atom. The number of nitrogens with one attached hydrogen (secondary N) is 3. The molecule has 0 aromatic heterocycles. The lowest BCUT2D eigenvalue weighted by Gasteiger charge is -2.15. The molecule has 1 heterocycles. The number of aliphatic imine (C=N–C) groups is 1. The normalized spacial score (nSPS) is 18.5. The van der Waals surface area contributed by atoms with Gasteiger partial charge in [0.1, 0.15) is 0 Å². The van der Waals surface area contributed by atoms with Crippen LogP contribution in [0.3, 0.4) is 0 Å². The Bertz CT molecular complexity index is 614. The number of benzene rings is 1. The second-order valence-corrected chi connectivity index (χ2v) is 8.98. The molecular weight excluding hydrogens is 344 g/mol. The third-order valence-corrected chi connectivity index (χ3v) is 6.47. The summed E-state index contributed by atoms with van der Waals surface area (Å²) in [6.45, 7) is 1.50. The first kappa shape index (κ1) is 19.1. The van der Waals surface area contributed by atoms with Crippen LogP contribution in [-0.2, 0) is 16.6 Å². The summed E-state index contributed by atoms with van der Waals surface area (Å²) in [5.74, 6) is 1.89. The van der Waals surface area contributed by atoms with E-state index in [4.69, 9.17) is 0 Å². The van der Waals surface area contributed by atoms with Gasteiger partial charge in [0.05, 0.1) is 5.75 Å². The van der Waals surface area contributed by atoms with Crippen LogP contribution in [0.1, 0.15) is 18.4 Å². The molecule has 24 heavy (non-hydrogen) atoms. The van der Waals surface area contributed by atoms with E-state index in [0.717, 1.165) is 12.1 Å². The lowest BCUT2D eigenvalue weighted by molar-refractivity contribution is 0.580. The Morgan fingerprint density at radius 1 is 1.29 bits per heavy atom. The number of nitrogens with zero attached hydrogens (tertiary/aromatic N) is 1. The van der Waals surface area contributed by atoms with Crippen LogP contribution in [0.15, 0.2) is 35.3 Å². The molecule has 1 unspecified atom stereocenters. The van der Waals surface area contributed by atoms with Crippen LogP contribution >= 0.6 is 11.8 Å². The molecule has 0 bridgehead atoms. The van der Waals surface area contributed by atoms with Crippen molar-refractivity contribution in [3.05, 3.63) is 35.9 Å². The van der Waals surface area contributed by atoms with Gasteiger partial charge in [-0.15, -0.1) is 0 Å². The summed E-state index contributed by atoms with van der Waals surface area (Å²) in [6, 6.07) is 9.48. The van der Waals surface area contributed by atoms with Crippen LogP contribution in [0, 0.1) is 0 Å². The monoisotopic (exact) mass is 370 g/mol. The highest BCUT2D eigenvalue weighted by molar-refractivity contribution is 8.00. The van der Waals surface area contributed by atoms with Gasteiger partial charge in [0.15, 0.2) is 5.96 Å². The predicted octanol–water partition coefficient (Wildman–Crippen LogP) is 1.17. The standard InChI is InChI=1S/C16H26N4O2S2/c1-17-16(19-13-15-8-5-10-23-15)18-9-11-24(21,22)20-12-14-6-3-2-4-7-14/h2-4,6-7,15,20H,5,8-13H2,1H3,(H2,17,18,19). The molecule has 0 radical (unpaired) electrons. The fraction of sp³-hybridized carbons (Fsp3) is 0.562. The van der Waals surface area contributed by atoms with Crippen LogP contribution in [0.5, 0.6) is 0 Å². The molecule has 134 valence electrons. The maximum atomic E-state index is 12.0. The van der Waals surface area contributed by atoms with E-state index >= 15 is 0 Å². The molecule has 1 aromatic carbocycles. The van der Waals surface area contributed by atoms with Crippen molar-refractivity contribution in [2.75, 3.05) is 31.6 Å². The van der Waals surface area contributed by atoms with E-state index in [1.54, 1.807) is 7.05 Å². The average molecular weight is 371 g/mol. The molecule has 0 aliphatic carbocycles. The minimum absolute atomic E-state index is 0.0126. The number of hydrogen-bond acceptors (Lipinski definition) is 4. The maximum absolute atomic E-state index is 12.0. The Balaban J connectivity index is 1.66. The van der Waals surface area contributed by atoms with E-state index in [9.17, 15) is 8.42 Å². The van der Waals surface area contributed by atoms with Gasteiger partial charge >= 0.3 is 0 Å². The lowest BCUT2D eigenvalue weighted by Crippen LogP contribution is -2.42. The molecule has 1 saturated heterocycles. The number of hydrogen-bond donors (Lipinski definition) is 3. The third-order valence-electron chi connectivity index (χ3n) is 3.75. The Kier molecular flexibility index (Phi) is 7.87. The van der Waals surface area contributed by atoms with Crippen molar-refractivity contribution in [2.45, 2.75) is 24.6 Å². The zero-order chi connectivity index (χ0) is 17.3. The topological polar surface area (TPSA) is 82.6 Å². The van der Waals surface area contributed by atoms with E-state index in [1.807, 2.05) is 42.1 Å². The van der Waals surface area contributed by atoms with E-state index in [0.29, 0.717) is 24.3 Å². The number of guanidine groups is 1. The van der Waals surface area contributed by atoms with Crippen LogP contribution in [0.25, 0.3) is 0 Å². The zero-order valence-electron chi connectivity index (χ0n) is 14.0. The highest BCUT2D eigenvalue weighted by atomic mass is 32.2. The SMILES string of the molecule is CN=C(NCCS(=O)(=O)NCc1ccccc1)NCC1CCCS1. The van der Waals surface area contributed by atoms with Gasteiger partial charge in [0.25, 0.3) is 0 Å². The van der Waals surface area contributed by atoms with Crippen LogP contribution in [0.4, 0.5) is 0 Å². The van der Waals surface area contributed by atoms with Gasteiger partial charge in [-0.3, -0.25) is 4.99 Å². The maximum Gasteiger partial charge on any atom is 0.213 e. The molecule has 0 saturated carbocycles. The smallest absolute Gasteiger partial charge is 0.213 e. The van der Waals surface area contributed by atoms with Crippen molar-refractivity contribution in [2.24, 2.45) is 4.99 Å². The fourth-order valence-electron chi connectivity index (χ4n) is 2.40. The Labute approximate surface area is 149 Å². The van der Waals surface area contributed by atoms with Crippen molar-refractivity contribution in [3.63, 3.8) is 0 Å². The first-order valence-electron chi connectivity index (χ1n) is 8.16. The molecular formula is C16H26N4O2S2. The van der Waals surface area contributed by atoms with E-state index in [1.165, 1.54) is 18.6 Å². The molecule has 1 aliphatic rings. The van der Waals surface area contributed by atoms with Gasteiger partial charge in [0, 0.05) is 31.9 Å². The summed E-state index contributed by atoms with van der Waals surface area (Å²) >= 11 is 1.98. The number of sulfonamides is 1. The molecule has 0 amide bonds. The van der Waals surface area contributed by atoms with Crippen molar-refractivity contribution < 1.29 is 8.42 Å². The quantitative estimate of drug-likeness (QED) is 0.473. The minimum atomic E-state index is -3.31. The first-order valence-corrected chi connectivity index (χ1v) is 10.9. The molecule has 8 heteroatoms. The molecule has 1 atom stereocenters. The van der Waals surface area contributed by atoms with Crippen LogP contribution in [0.2, 0.25) is 0 Å². The number of thioether (sulfide) groups is 1. The van der Waals surface area contributed by atoms with Gasteiger partial charge in [-0.25, -0.2) is 13.1 Å². The molecule has 1 aliphatic heterocycles. The predicted molar refractivity (Wildman–Crippen MR) is 102 cm³/mol. The Morgan fingerprint density at radius 3 is 2.75 bits per heavy atom. The van der Waals surface area contributed by atoms with Gasteiger partial charge in [-0.1, -0.05) is 30.3 Å². The summed E-state index contributed by atoms with van der Waals surface area (Å²) in [5.41, 5.74) is 0.945. The van der Waals surface area contributed by atoms with Gasteiger partial charge < -0.3 is 10.6 Å². The first-order chi connectivity index (χ1) is 11.6. The molecule has 3 N–H and O–H groups in total. The molecule has 2 rings (SSSR count). The van der Waals surface area contributed by atoms with E-state index < -0.39 is 10.0 Å². The van der Waals surface area contributed by atoms with Crippen molar-refractivity contribution >= 4 is 27.7 Å². The number of rotatable bonds is 8. The average Bonchev–Trinajstić information content (AvgIpc) is 3.10. The van der Waals surface area contributed by atoms with Gasteiger partial charge in [-0.2, -0.15) is 11.8 Å². The van der Waals surface area contributed by atoms with Gasteiger partial charge in [-0.05, 0) is 24.2 Å². The largest absolute Gasteiger partial charge is 0.355 e. The van der Waals surface area contributed by atoms with Crippen LogP contribution in [-0.4, -0.2) is 51.3 Å². The third kappa shape index (κ3) is 7.11. The molecule has 1 fully saturated rings. The molecule has 1 aromatic rings. The van der Waals surface area contributed by atoms with Crippen molar-refractivity contribution in [1.29, 1.82) is 0 Å². The summed E-state index contributed by atoms with van der Waals surface area (Å²) in [5, 5.41) is 6.94.